The zero-order valence-corrected chi connectivity index (χ0v) is 13.1. The first-order valence-electron chi connectivity index (χ1n) is 7.91. The topological polar surface area (TPSA) is 12.0 Å². The van der Waals surface area contributed by atoms with Crippen molar-refractivity contribution in [2.24, 2.45) is 0 Å². The summed E-state index contributed by atoms with van der Waals surface area (Å²) in [5, 5.41) is 3.86. The van der Waals surface area contributed by atoms with Gasteiger partial charge in [0.25, 0.3) is 0 Å². The SMILES string of the molecule is Cc1cc(C)c(C(C)NC2CCCCCC2)cc1C. The summed E-state index contributed by atoms with van der Waals surface area (Å²) < 4.78 is 0. The number of benzene rings is 1. The molecule has 1 atom stereocenters. The van der Waals surface area contributed by atoms with E-state index in [1.807, 2.05) is 0 Å². The second-order valence-electron chi connectivity index (χ2n) is 6.37. The zero-order valence-electron chi connectivity index (χ0n) is 13.1. The summed E-state index contributed by atoms with van der Waals surface area (Å²) in [6, 6.07) is 5.90. The van der Waals surface area contributed by atoms with Gasteiger partial charge in [-0.25, -0.2) is 0 Å². The number of hydrogen-bond acceptors (Lipinski definition) is 1. The molecule has 106 valence electrons. The Hall–Kier alpha value is -0.820. The molecule has 1 aromatic carbocycles. The quantitative estimate of drug-likeness (QED) is 0.754. The van der Waals surface area contributed by atoms with Gasteiger partial charge in [-0.05, 0) is 62.8 Å². The Morgan fingerprint density at radius 1 is 0.895 bits per heavy atom. The molecule has 1 aromatic rings. The molecule has 0 spiro atoms. The van der Waals surface area contributed by atoms with Gasteiger partial charge in [0.2, 0.25) is 0 Å². The maximum Gasteiger partial charge on any atom is 0.0297 e. The molecule has 19 heavy (non-hydrogen) atoms. The van der Waals surface area contributed by atoms with Gasteiger partial charge in [-0.1, -0.05) is 37.8 Å². The second-order valence-corrected chi connectivity index (χ2v) is 6.37. The molecule has 1 unspecified atom stereocenters. The van der Waals surface area contributed by atoms with Crippen molar-refractivity contribution < 1.29 is 0 Å². The minimum Gasteiger partial charge on any atom is -0.307 e. The smallest absolute Gasteiger partial charge is 0.0297 e. The molecule has 0 bridgehead atoms. The Morgan fingerprint density at radius 3 is 2.11 bits per heavy atom. The molecular formula is C18H29N. The number of nitrogens with one attached hydrogen (secondary N) is 1. The maximum atomic E-state index is 3.86. The van der Waals surface area contributed by atoms with E-state index in [4.69, 9.17) is 0 Å². The van der Waals surface area contributed by atoms with Crippen LogP contribution in [0, 0.1) is 20.8 Å². The average molecular weight is 259 g/mol. The van der Waals surface area contributed by atoms with Crippen molar-refractivity contribution in [2.75, 3.05) is 0 Å². The van der Waals surface area contributed by atoms with E-state index in [1.54, 1.807) is 0 Å². The standard InChI is InChI=1S/C18H29N/c1-13-11-15(3)18(12-14(13)2)16(4)19-17-9-7-5-6-8-10-17/h11-12,16-17,19H,5-10H2,1-4H3. The first-order chi connectivity index (χ1) is 9.08. The lowest BCUT2D eigenvalue weighted by atomic mass is 9.95. The monoisotopic (exact) mass is 259 g/mol. The van der Waals surface area contributed by atoms with E-state index in [2.05, 4.69) is 45.1 Å². The van der Waals surface area contributed by atoms with Gasteiger partial charge in [0, 0.05) is 12.1 Å². The van der Waals surface area contributed by atoms with E-state index in [0.717, 1.165) is 6.04 Å². The number of aryl methyl sites for hydroxylation is 3. The molecule has 1 nitrogen and oxygen atoms in total. The van der Waals surface area contributed by atoms with E-state index in [1.165, 1.54) is 60.8 Å². The van der Waals surface area contributed by atoms with E-state index >= 15 is 0 Å². The normalized spacial score (nSPS) is 19.2. The van der Waals surface area contributed by atoms with Gasteiger partial charge in [0.1, 0.15) is 0 Å². The first-order valence-corrected chi connectivity index (χ1v) is 7.91. The Labute approximate surface area is 118 Å². The molecule has 1 heteroatoms. The van der Waals surface area contributed by atoms with Gasteiger partial charge in [0.05, 0.1) is 0 Å². The average Bonchev–Trinajstić information content (AvgIpc) is 2.62. The predicted molar refractivity (Wildman–Crippen MR) is 83.7 cm³/mol. The van der Waals surface area contributed by atoms with Crippen molar-refractivity contribution in [1.82, 2.24) is 5.32 Å². The predicted octanol–water partition coefficient (Wildman–Crippen LogP) is 4.99. The first kappa shape index (κ1) is 14.6. The van der Waals surface area contributed by atoms with Gasteiger partial charge >= 0.3 is 0 Å². The van der Waals surface area contributed by atoms with Gasteiger partial charge < -0.3 is 5.32 Å². The van der Waals surface area contributed by atoms with Crippen molar-refractivity contribution in [3.63, 3.8) is 0 Å². The summed E-state index contributed by atoms with van der Waals surface area (Å²) in [7, 11) is 0. The fourth-order valence-corrected chi connectivity index (χ4v) is 3.34. The highest BCUT2D eigenvalue weighted by Crippen LogP contribution is 2.24. The van der Waals surface area contributed by atoms with Gasteiger partial charge in [-0.15, -0.1) is 0 Å². The lowest BCUT2D eigenvalue weighted by molar-refractivity contribution is 0.413. The highest BCUT2D eigenvalue weighted by molar-refractivity contribution is 5.38. The fourth-order valence-electron chi connectivity index (χ4n) is 3.34. The second kappa shape index (κ2) is 6.56. The van der Waals surface area contributed by atoms with Crippen LogP contribution in [0.25, 0.3) is 0 Å². The third-order valence-corrected chi connectivity index (χ3v) is 4.69. The van der Waals surface area contributed by atoms with E-state index in [0.29, 0.717) is 6.04 Å². The van der Waals surface area contributed by atoms with Crippen LogP contribution in [0.2, 0.25) is 0 Å². The van der Waals surface area contributed by atoms with Crippen LogP contribution in [0.3, 0.4) is 0 Å². The summed E-state index contributed by atoms with van der Waals surface area (Å²) in [5.41, 5.74) is 5.72. The summed E-state index contributed by atoms with van der Waals surface area (Å²) in [5.74, 6) is 0. The lowest BCUT2D eigenvalue weighted by Gasteiger charge is -2.24. The number of hydrogen-bond donors (Lipinski definition) is 1. The zero-order chi connectivity index (χ0) is 13.8. The van der Waals surface area contributed by atoms with E-state index in [-0.39, 0.29) is 0 Å². The molecule has 0 heterocycles. The van der Waals surface area contributed by atoms with Gasteiger partial charge in [-0.2, -0.15) is 0 Å². The number of rotatable bonds is 3. The van der Waals surface area contributed by atoms with Crippen molar-refractivity contribution >= 4 is 0 Å². The van der Waals surface area contributed by atoms with Crippen LogP contribution in [-0.2, 0) is 0 Å². The Balaban J connectivity index is 2.06. The van der Waals surface area contributed by atoms with Crippen LogP contribution in [-0.4, -0.2) is 6.04 Å². The molecule has 0 aromatic heterocycles. The van der Waals surface area contributed by atoms with Crippen LogP contribution in [0.4, 0.5) is 0 Å². The Bertz CT molecular complexity index is 414. The minimum atomic E-state index is 0.474. The van der Waals surface area contributed by atoms with Gasteiger partial charge in [-0.3, -0.25) is 0 Å². The molecule has 1 N–H and O–H groups in total. The minimum absolute atomic E-state index is 0.474. The molecule has 1 saturated carbocycles. The third-order valence-electron chi connectivity index (χ3n) is 4.69. The molecule has 1 aliphatic rings. The van der Waals surface area contributed by atoms with Crippen molar-refractivity contribution in [1.29, 1.82) is 0 Å². The van der Waals surface area contributed by atoms with Crippen LogP contribution < -0.4 is 5.32 Å². The molecule has 0 aliphatic heterocycles. The van der Waals surface area contributed by atoms with Crippen LogP contribution in [0.1, 0.15) is 73.7 Å². The Morgan fingerprint density at radius 2 is 1.47 bits per heavy atom. The molecule has 0 radical (unpaired) electrons. The molecule has 1 aliphatic carbocycles. The summed E-state index contributed by atoms with van der Waals surface area (Å²) in [6.45, 7) is 8.99. The van der Waals surface area contributed by atoms with Crippen LogP contribution in [0.15, 0.2) is 12.1 Å². The molecule has 0 saturated heterocycles. The highest BCUT2D eigenvalue weighted by Gasteiger charge is 2.16. The van der Waals surface area contributed by atoms with Crippen LogP contribution >= 0.6 is 0 Å². The largest absolute Gasteiger partial charge is 0.307 e. The lowest BCUT2D eigenvalue weighted by Crippen LogP contribution is -2.31. The molecule has 1 fully saturated rings. The third kappa shape index (κ3) is 3.82. The molecule has 2 rings (SSSR count). The summed E-state index contributed by atoms with van der Waals surface area (Å²) >= 11 is 0. The molecule has 0 amide bonds. The summed E-state index contributed by atoms with van der Waals surface area (Å²) in [4.78, 5) is 0. The van der Waals surface area contributed by atoms with Gasteiger partial charge in [0.15, 0.2) is 0 Å². The van der Waals surface area contributed by atoms with Crippen molar-refractivity contribution in [3.05, 3.63) is 34.4 Å². The van der Waals surface area contributed by atoms with Crippen LogP contribution in [0.5, 0.6) is 0 Å². The van der Waals surface area contributed by atoms with E-state index < -0.39 is 0 Å². The van der Waals surface area contributed by atoms with Crippen molar-refractivity contribution in [2.45, 2.75) is 78.3 Å². The maximum absolute atomic E-state index is 3.86. The van der Waals surface area contributed by atoms with Crippen molar-refractivity contribution in [3.8, 4) is 0 Å². The molecular weight excluding hydrogens is 230 g/mol. The summed E-state index contributed by atoms with van der Waals surface area (Å²) in [6.07, 6.45) is 8.36. The van der Waals surface area contributed by atoms with E-state index in [9.17, 15) is 0 Å². The fraction of sp³-hybridized carbons (Fsp3) is 0.667. The highest BCUT2D eigenvalue weighted by atomic mass is 14.9. The Kier molecular flexibility index (Phi) is 5.04.